The maximum atomic E-state index is 6.71. The van der Waals surface area contributed by atoms with E-state index in [0.29, 0.717) is 0 Å². The van der Waals surface area contributed by atoms with E-state index in [-0.39, 0.29) is 11.0 Å². The molecule has 6 heteroatoms. The van der Waals surface area contributed by atoms with Gasteiger partial charge in [-0.1, -0.05) is 172 Å². The van der Waals surface area contributed by atoms with E-state index in [9.17, 15) is 0 Å². The van der Waals surface area contributed by atoms with E-state index in [1.165, 1.54) is 77.0 Å². The van der Waals surface area contributed by atoms with Gasteiger partial charge in [-0.05, 0) is 47.2 Å². The van der Waals surface area contributed by atoms with Crippen molar-refractivity contribution in [1.29, 1.82) is 0 Å². The molecule has 0 spiro atoms. The summed E-state index contributed by atoms with van der Waals surface area (Å²) in [6.07, 6.45) is 22.3. The van der Waals surface area contributed by atoms with Gasteiger partial charge in [0, 0.05) is 13.1 Å². The van der Waals surface area contributed by atoms with Crippen LogP contribution in [0.2, 0.25) is 0 Å². The Morgan fingerprint density at radius 3 is 1.10 bits per heavy atom. The Balaban J connectivity index is 0.935. The molecule has 2 nitrogen and oxygen atoms in total. The number of fused-ring (bicyclic) bond motifs is 2. The molecule has 2 aromatic rings. The minimum absolute atomic E-state index is 0.165. The van der Waals surface area contributed by atoms with Crippen LogP contribution in [0.15, 0.2) is 58.8 Å². The predicted molar refractivity (Wildman–Crippen MR) is 176 cm³/mol. The molecule has 0 radical (unpaired) electrons. The van der Waals surface area contributed by atoms with E-state index in [1.54, 1.807) is 0 Å². The summed E-state index contributed by atoms with van der Waals surface area (Å²) in [4.78, 5) is 4.25. The first-order valence-electron chi connectivity index (χ1n) is 15.3. The summed E-state index contributed by atoms with van der Waals surface area (Å²) in [5, 5.41) is 1.52. The fourth-order valence-corrected chi connectivity index (χ4v) is 7.32. The molecule has 0 aliphatic carbocycles. The summed E-state index contributed by atoms with van der Waals surface area (Å²) in [5.41, 5.74) is 4.24. The van der Waals surface area contributed by atoms with Crippen molar-refractivity contribution in [3.05, 3.63) is 81.1 Å². The van der Waals surface area contributed by atoms with Crippen LogP contribution in [-0.4, -0.2) is 22.9 Å². The molecule has 0 fully saturated rings. The number of alkyl halides is 2. The lowest BCUT2D eigenvalue weighted by Gasteiger charge is -2.33. The summed E-state index contributed by atoms with van der Waals surface area (Å²) in [6.45, 7) is 1.84. The van der Waals surface area contributed by atoms with Crippen LogP contribution >= 0.6 is 46.4 Å². The second-order valence-electron chi connectivity index (χ2n) is 11.2. The molecule has 2 unspecified atom stereocenters. The van der Waals surface area contributed by atoms with Crippen LogP contribution in [0.3, 0.4) is 0 Å². The Labute approximate surface area is 262 Å². The number of rotatable bonds is 17. The highest BCUT2D eigenvalue weighted by Gasteiger charge is 2.26. The fraction of sp³-hybridized carbons (Fsp3) is 0.529. The summed E-state index contributed by atoms with van der Waals surface area (Å²) in [7, 11) is 0. The minimum Gasteiger partial charge on any atom is -0.342 e. The van der Waals surface area contributed by atoms with E-state index in [1.807, 2.05) is 36.4 Å². The van der Waals surface area contributed by atoms with Crippen molar-refractivity contribution in [2.45, 2.75) is 101 Å². The van der Waals surface area contributed by atoms with Gasteiger partial charge in [0.2, 0.25) is 0 Å². The second-order valence-corrected chi connectivity index (χ2v) is 12.8. The number of halogens is 4. The van der Waals surface area contributed by atoms with E-state index < -0.39 is 0 Å². The molecule has 40 heavy (non-hydrogen) atoms. The zero-order chi connectivity index (χ0) is 28.2. The number of unbranched alkanes of at least 4 members (excludes halogenated alkanes) is 13. The number of hydrogen-bond acceptors (Lipinski definition) is 2. The summed E-state index contributed by atoms with van der Waals surface area (Å²) in [6, 6.07) is 16.5. The van der Waals surface area contributed by atoms with Crippen LogP contribution in [0.4, 0.5) is 0 Å². The Hall–Kier alpha value is -1.32. The van der Waals surface area contributed by atoms with E-state index >= 15 is 0 Å². The van der Waals surface area contributed by atoms with Crippen molar-refractivity contribution < 1.29 is 0 Å². The van der Waals surface area contributed by atoms with Gasteiger partial charge in [0.15, 0.2) is 0 Å². The fourth-order valence-electron chi connectivity index (χ4n) is 5.82. The molecule has 2 aromatic carbocycles. The number of nitrogens with zero attached hydrogens (tertiary/aromatic N) is 2. The van der Waals surface area contributed by atoms with Crippen molar-refractivity contribution in [2.24, 2.45) is 0 Å². The third-order valence-electron chi connectivity index (χ3n) is 8.20. The molecule has 0 amide bonds. The molecule has 4 rings (SSSR count). The molecule has 0 bridgehead atoms. The highest BCUT2D eigenvalue weighted by atomic mass is 35.5. The smallest absolute Gasteiger partial charge is 0.131 e. The standard InChI is InChI=1S/C34H44Cl4N2/c35-31-25-27-19-13-15-21-29(27)33(37)39(31)23-17-11-9-7-5-3-1-2-4-6-8-10-12-18-24-40-32(36)26-28-20-14-16-22-30(28)34(40)38/h13-16,19-22,25-26,33-34H,1-12,17-18,23-24H2. The molecule has 2 aliphatic rings. The third kappa shape index (κ3) is 9.09. The summed E-state index contributed by atoms with van der Waals surface area (Å²) < 4.78 is 0. The number of hydrogen-bond donors (Lipinski definition) is 0. The highest BCUT2D eigenvalue weighted by molar-refractivity contribution is 6.33. The van der Waals surface area contributed by atoms with Crippen molar-refractivity contribution >= 4 is 58.6 Å². The first kappa shape index (κ1) is 31.6. The van der Waals surface area contributed by atoms with Gasteiger partial charge in [-0.25, -0.2) is 0 Å². The van der Waals surface area contributed by atoms with Crippen molar-refractivity contribution in [3.8, 4) is 0 Å². The van der Waals surface area contributed by atoms with Gasteiger partial charge >= 0.3 is 0 Å². The van der Waals surface area contributed by atoms with Crippen LogP contribution in [0, 0.1) is 0 Å². The molecular formula is C34H44Cl4N2. The van der Waals surface area contributed by atoms with Crippen LogP contribution in [0.5, 0.6) is 0 Å². The molecular weight excluding hydrogens is 578 g/mol. The Kier molecular flexibility index (Phi) is 13.4. The zero-order valence-corrected chi connectivity index (χ0v) is 26.7. The maximum absolute atomic E-state index is 6.71. The van der Waals surface area contributed by atoms with Gasteiger partial charge in [0.1, 0.15) is 21.3 Å². The largest absolute Gasteiger partial charge is 0.342 e. The summed E-state index contributed by atoms with van der Waals surface area (Å²) in [5.74, 6) is 0. The average molecular weight is 623 g/mol. The molecule has 218 valence electrons. The van der Waals surface area contributed by atoms with Crippen LogP contribution in [0.1, 0.15) is 123 Å². The lowest BCUT2D eigenvalue weighted by atomic mass is 10.0. The lowest BCUT2D eigenvalue weighted by Crippen LogP contribution is -2.27. The van der Waals surface area contributed by atoms with Crippen molar-refractivity contribution in [3.63, 3.8) is 0 Å². The quantitative estimate of drug-likeness (QED) is 0.0984. The van der Waals surface area contributed by atoms with Crippen LogP contribution < -0.4 is 0 Å². The maximum Gasteiger partial charge on any atom is 0.131 e. The van der Waals surface area contributed by atoms with Gasteiger partial charge < -0.3 is 9.80 Å². The first-order valence-corrected chi connectivity index (χ1v) is 16.9. The normalized spacial score (nSPS) is 18.3. The Morgan fingerprint density at radius 1 is 0.450 bits per heavy atom. The third-order valence-corrected chi connectivity index (χ3v) is 9.79. The lowest BCUT2D eigenvalue weighted by molar-refractivity contribution is 0.328. The molecule has 0 saturated heterocycles. The second kappa shape index (κ2) is 17.0. The monoisotopic (exact) mass is 620 g/mol. The van der Waals surface area contributed by atoms with E-state index in [2.05, 4.69) is 34.1 Å². The predicted octanol–water partition coefficient (Wildman–Crippen LogP) is 12.0. The molecule has 2 atom stereocenters. The van der Waals surface area contributed by atoms with Gasteiger partial charge in [-0.2, -0.15) is 0 Å². The zero-order valence-electron chi connectivity index (χ0n) is 23.6. The van der Waals surface area contributed by atoms with Gasteiger partial charge in [0.25, 0.3) is 0 Å². The SMILES string of the molecule is ClC1=Cc2ccccc2C(Cl)N1CCCCCCCCCCCCCCCCN1C(Cl)=Cc2ccccc2C1Cl. The number of benzene rings is 2. The molecule has 0 aromatic heterocycles. The van der Waals surface area contributed by atoms with E-state index in [0.717, 1.165) is 58.5 Å². The average Bonchev–Trinajstić information content (AvgIpc) is 2.95. The van der Waals surface area contributed by atoms with E-state index in [4.69, 9.17) is 46.4 Å². The van der Waals surface area contributed by atoms with Gasteiger partial charge in [0.05, 0.1) is 0 Å². The topological polar surface area (TPSA) is 6.48 Å². The molecule has 2 aliphatic heterocycles. The van der Waals surface area contributed by atoms with Crippen molar-refractivity contribution in [1.82, 2.24) is 9.80 Å². The summed E-state index contributed by atoms with van der Waals surface area (Å²) >= 11 is 26.5. The van der Waals surface area contributed by atoms with Crippen LogP contribution in [0.25, 0.3) is 12.2 Å². The molecule has 2 heterocycles. The Bertz CT molecular complexity index is 1030. The minimum atomic E-state index is -0.165. The van der Waals surface area contributed by atoms with Gasteiger partial charge in [-0.15, -0.1) is 0 Å². The molecule has 0 N–H and O–H groups in total. The van der Waals surface area contributed by atoms with Gasteiger partial charge in [-0.3, -0.25) is 0 Å². The van der Waals surface area contributed by atoms with Crippen LogP contribution in [-0.2, 0) is 0 Å². The highest BCUT2D eigenvalue weighted by Crippen LogP contribution is 2.39. The van der Waals surface area contributed by atoms with Crippen molar-refractivity contribution in [2.75, 3.05) is 13.1 Å². The molecule has 0 saturated carbocycles. The Morgan fingerprint density at radius 2 is 0.750 bits per heavy atom. The first-order chi connectivity index (χ1) is 19.6.